The standard InChI is InChI=1S/C13H20BrFN2/c1-13(2,17(3)4)9-16-8-10-5-6-11(15)7-12(10)14/h5-7,16H,8-9H2,1-4H3. The highest BCUT2D eigenvalue weighted by Gasteiger charge is 2.19. The number of benzene rings is 1. The third kappa shape index (κ3) is 4.37. The molecule has 0 fully saturated rings. The lowest BCUT2D eigenvalue weighted by Gasteiger charge is -2.32. The number of hydrogen-bond acceptors (Lipinski definition) is 2. The van der Waals surface area contributed by atoms with E-state index >= 15 is 0 Å². The predicted octanol–water partition coefficient (Wildman–Crippen LogP) is 3.02. The Labute approximate surface area is 111 Å². The minimum atomic E-state index is -0.214. The molecule has 2 nitrogen and oxygen atoms in total. The van der Waals surface area contributed by atoms with Crippen LogP contribution in [0.1, 0.15) is 19.4 Å². The maximum atomic E-state index is 12.9. The van der Waals surface area contributed by atoms with Gasteiger partial charge in [-0.1, -0.05) is 22.0 Å². The van der Waals surface area contributed by atoms with E-state index in [1.54, 1.807) is 6.07 Å². The molecule has 0 unspecified atom stereocenters. The quantitative estimate of drug-likeness (QED) is 0.899. The van der Waals surface area contributed by atoms with Crippen molar-refractivity contribution in [3.63, 3.8) is 0 Å². The molecule has 0 aliphatic carbocycles. The van der Waals surface area contributed by atoms with Crippen LogP contribution < -0.4 is 5.32 Å². The first-order valence-electron chi connectivity index (χ1n) is 5.65. The zero-order chi connectivity index (χ0) is 13.1. The van der Waals surface area contributed by atoms with Crippen LogP contribution in [0.3, 0.4) is 0 Å². The van der Waals surface area contributed by atoms with Crippen LogP contribution in [0.15, 0.2) is 22.7 Å². The number of rotatable bonds is 5. The van der Waals surface area contributed by atoms with Gasteiger partial charge in [0, 0.05) is 23.1 Å². The number of likely N-dealkylation sites (N-methyl/N-ethyl adjacent to an activating group) is 1. The molecule has 0 amide bonds. The highest BCUT2D eigenvalue weighted by atomic mass is 79.9. The van der Waals surface area contributed by atoms with Gasteiger partial charge >= 0.3 is 0 Å². The van der Waals surface area contributed by atoms with E-state index in [2.05, 4.69) is 54.1 Å². The second kappa shape index (κ2) is 5.94. The summed E-state index contributed by atoms with van der Waals surface area (Å²) in [5.74, 6) is -0.214. The zero-order valence-electron chi connectivity index (χ0n) is 10.8. The van der Waals surface area contributed by atoms with Crippen LogP contribution in [0.4, 0.5) is 4.39 Å². The lowest BCUT2D eigenvalue weighted by Crippen LogP contribution is -2.46. The summed E-state index contributed by atoms with van der Waals surface area (Å²) in [5, 5.41) is 3.39. The average molecular weight is 303 g/mol. The summed E-state index contributed by atoms with van der Waals surface area (Å²) >= 11 is 3.37. The lowest BCUT2D eigenvalue weighted by atomic mass is 10.0. The van der Waals surface area contributed by atoms with Crippen LogP contribution in [-0.4, -0.2) is 31.1 Å². The molecule has 0 atom stereocenters. The summed E-state index contributed by atoms with van der Waals surface area (Å²) in [7, 11) is 4.13. The fraction of sp³-hybridized carbons (Fsp3) is 0.538. The molecule has 96 valence electrons. The SMILES string of the molecule is CN(C)C(C)(C)CNCc1ccc(F)cc1Br. The van der Waals surface area contributed by atoms with E-state index in [1.807, 2.05) is 0 Å². The molecule has 0 aromatic heterocycles. The fourth-order valence-electron chi connectivity index (χ4n) is 1.33. The van der Waals surface area contributed by atoms with Crippen LogP contribution in [0, 0.1) is 5.82 Å². The smallest absolute Gasteiger partial charge is 0.124 e. The number of nitrogens with zero attached hydrogens (tertiary/aromatic N) is 1. The maximum absolute atomic E-state index is 12.9. The molecule has 0 saturated carbocycles. The van der Waals surface area contributed by atoms with Crippen LogP contribution >= 0.6 is 15.9 Å². The largest absolute Gasteiger partial charge is 0.311 e. The number of hydrogen-bond donors (Lipinski definition) is 1. The molecule has 0 aliphatic rings. The summed E-state index contributed by atoms with van der Waals surface area (Å²) in [5.41, 5.74) is 1.17. The van der Waals surface area contributed by atoms with Crippen molar-refractivity contribution in [3.05, 3.63) is 34.1 Å². The van der Waals surface area contributed by atoms with Gasteiger partial charge in [-0.05, 0) is 45.6 Å². The second-order valence-electron chi connectivity index (χ2n) is 5.05. The molecular weight excluding hydrogens is 283 g/mol. The topological polar surface area (TPSA) is 15.3 Å². The van der Waals surface area contributed by atoms with Crippen LogP contribution in [-0.2, 0) is 6.54 Å². The van der Waals surface area contributed by atoms with Gasteiger partial charge < -0.3 is 10.2 Å². The molecule has 0 spiro atoms. The third-order valence-corrected chi connectivity index (χ3v) is 3.84. The normalized spacial score (nSPS) is 12.2. The van der Waals surface area contributed by atoms with Gasteiger partial charge in [-0.2, -0.15) is 0 Å². The van der Waals surface area contributed by atoms with Gasteiger partial charge in [0.1, 0.15) is 5.82 Å². The van der Waals surface area contributed by atoms with Crippen LogP contribution in [0.25, 0.3) is 0 Å². The Morgan fingerprint density at radius 2 is 2.00 bits per heavy atom. The molecule has 17 heavy (non-hydrogen) atoms. The summed E-state index contributed by atoms with van der Waals surface area (Å²) in [6.07, 6.45) is 0. The van der Waals surface area contributed by atoms with Gasteiger partial charge in [-0.3, -0.25) is 0 Å². The molecule has 4 heteroatoms. The van der Waals surface area contributed by atoms with Crippen molar-refractivity contribution in [3.8, 4) is 0 Å². The first-order chi connectivity index (χ1) is 7.83. The summed E-state index contributed by atoms with van der Waals surface area (Å²) in [4.78, 5) is 2.18. The molecule has 1 aromatic carbocycles. The molecule has 0 heterocycles. The molecule has 1 rings (SSSR count). The zero-order valence-corrected chi connectivity index (χ0v) is 12.4. The van der Waals surface area contributed by atoms with E-state index in [0.717, 1.165) is 23.1 Å². The Kier molecular flexibility index (Phi) is 5.10. The minimum absolute atomic E-state index is 0.104. The van der Waals surface area contributed by atoms with E-state index < -0.39 is 0 Å². The third-order valence-electron chi connectivity index (χ3n) is 3.10. The molecule has 1 N–H and O–H groups in total. The van der Waals surface area contributed by atoms with E-state index in [-0.39, 0.29) is 11.4 Å². The monoisotopic (exact) mass is 302 g/mol. The highest BCUT2D eigenvalue weighted by Crippen LogP contribution is 2.18. The summed E-state index contributed by atoms with van der Waals surface area (Å²) in [6, 6.07) is 4.78. The number of halogens is 2. The highest BCUT2D eigenvalue weighted by molar-refractivity contribution is 9.10. The molecule has 0 saturated heterocycles. The molecule has 1 aromatic rings. The Balaban J connectivity index is 2.51. The van der Waals surface area contributed by atoms with Gasteiger partial charge in [-0.15, -0.1) is 0 Å². The van der Waals surface area contributed by atoms with Crippen molar-refractivity contribution < 1.29 is 4.39 Å². The second-order valence-corrected chi connectivity index (χ2v) is 5.90. The van der Waals surface area contributed by atoms with Crippen molar-refractivity contribution in [1.29, 1.82) is 0 Å². The predicted molar refractivity (Wildman–Crippen MR) is 73.6 cm³/mol. The van der Waals surface area contributed by atoms with Crippen LogP contribution in [0.2, 0.25) is 0 Å². The van der Waals surface area contributed by atoms with Crippen molar-refractivity contribution in [2.24, 2.45) is 0 Å². The Morgan fingerprint density at radius 3 is 2.53 bits per heavy atom. The van der Waals surface area contributed by atoms with E-state index in [4.69, 9.17) is 0 Å². The van der Waals surface area contributed by atoms with Crippen molar-refractivity contribution >= 4 is 15.9 Å². The summed E-state index contributed by atoms with van der Waals surface area (Å²) < 4.78 is 13.7. The van der Waals surface area contributed by atoms with E-state index in [0.29, 0.717) is 0 Å². The van der Waals surface area contributed by atoms with E-state index in [1.165, 1.54) is 12.1 Å². The summed E-state index contributed by atoms with van der Waals surface area (Å²) in [6.45, 7) is 5.97. The maximum Gasteiger partial charge on any atom is 0.124 e. The van der Waals surface area contributed by atoms with Gasteiger partial charge in [-0.25, -0.2) is 4.39 Å². The van der Waals surface area contributed by atoms with Crippen molar-refractivity contribution in [2.45, 2.75) is 25.9 Å². The van der Waals surface area contributed by atoms with Gasteiger partial charge in [0.05, 0.1) is 0 Å². The lowest BCUT2D eigenvalue weighted by molar-refractivity contribution is 0.189. The van der Waals surface area contributed by atoms with Gasteiger partial charge in [0.2, 0.25) is 0 Å². The first-order valence-corrected chi connectivity index (χ1v) is 6.44. The molecular formula is C13H20BrFN2. The minimum Gasteiger partial charge on any atom is -0.311 e. The average Bonchev–Trinajstić information content (AvgIpc) is 2.21. The van der Waals surface area contributed by atoms with Crippen molar-refractivity contribution in [2.75, 3.05) is 20.6 Å². The van der Waals surface area contributed by atoms with Gasteiger partial charge in [0.15, 0.2) is 0 Å². The number of nitrogens with one attached hydrogen (secondary N) is 1. The van der Waals surface area contributed by atoms with E-state index in [9.17, 15) is 4.39 Å². The van der Waals surface area contributed by atoms with Crippen molar-refractivity contribution in [1.82, 2.24) is 10.2 Å². The van der Waals surface area contributed by atoms with Crippen LogP contribution in [0.5, 0.6) is 0 Å². The fourth-order valence-corrected chi connectivity index (χ4v) is 1.82. The Morgan fingerprint density at radius 1 is 1.35 bits per heavy atom. The van der Waals surface area contributed by atoms with Gasteiger partial charge in [0.25, 0.3) is 0 Å². The molecule has 0 aliphatic heterocycles. The molecule has 0 radical (unpaired) electrons. The Bertz CT molecular complexity index is 378. The molecule has 0 bridgehead atoms. The Hall–Kier alpha value is -0.450. The first kappa shape index (κ1) is 14.6.